The topological polar surface area (TPSA) is 113 Å². The molecule has 0 radical (unpaired) electrons. The Hall–Kier alpha value is -2.05. The second-order valence-electron chi connectivity index (χ2n) is 10.9. The fourth-order valence-electron chi connectivity index (χ4n) is 3.86. The molecule has 0 aliphatic heterocycles. The van der Waals surface area contributed by atoms with E-state index in [4.69, 9.17) is 9.63 Å². The van der Waals surface area contributed by atoms with Crippen LogP contribution in [0.5, 0.6) is 0 Å². The van der Waals surface area contributed by atoms with Gasteiger partial charge in [-0.3, -0.25) is 14.1 Å². The van der Waals surface area contributed by atoms with Crippen molar-refractivity contribution in [3.63, 3.8) is 0 Å². The van der Waals surface area contributed by atoms with Gasteiger partial charge in [0.15, 0.2) is 0 Å². The van der Waals surface area contributed by atoms with Crippen molar-refractivity contribution >= 4 is 19.5 Å². The number of rotatable bonds is 23. The van der Waals surface area contributed by atoms with E-state index in [-0.39, 0.29) is 19.4 Å². The fourth-order valence-corrected chi connectivity index (χ4v) is 4.70. The minimum atomic E-state index is -4.08. The van der Waals surface area contributed by atoms with Gasteiger partial charge < -0.3 is 10.00 Å². The second kappa shape index (κ2) is 22.6. The summed E-state index contributed by atoms with van der Waals surface area (Å²) in [6.45, 7) is 12.7. The maximum Gasteiger partial charge on any atom is 0.403 e. The SMILES string of the molecule is CC(C)=CCC/C(C)=C/CC/C(C)=C/CC/C=C(\C)CC/C=C(\C)CCCOP(=O)(O)NCC(=O)CCC(=O)O. The minimum absolute atomic E-state index is 0.0906. The zero-order chi connectivity index (χ0) is 30.4. The normalized spacial score (nSPS) is 14.7. The number of allylic oxidation sites excluding steroid dienone is 10. The first-order chi connectivity index (χ1) is 18.8. The third kappa shape index (κ3) is 25.0. The van der Waals surface area contributed by atoms with Crippen LogP contribution in [0.2, 0.25) is 0 Å². The number of Topliss-reactive ketones (excluding diaryl/α,β-unsaturated/α-hetero) is 1. The van der Waals surface area contributed by atoms with Crippen molar-refractivity contribution in [2.45, 2.75) is 119 Å². The molecular weight excluding hydrogens is 525 g/mol. The van der Waals surface area contributed by atoms with E-state index in [0.29, 0.717) is 6.42 Å². The molecule has 0 bridgehead atoms. The Morgan fingerprint density at radius 2 is 1.12 bits per heavy atom. The maximum atomic E-state index is 11.9. The van der Waals surface area contributed by atoms with E-state index in [9.17, 15) is 19.0 Å². The van der Waals surface area contributed by atoms with Crippen LogP contribution in [0, 0.1) is 0 Å². The van der Waals surface area contributed by atoms with Gasteiger partial charge in [-0.2, -0.15) is 0 Å². The molecule has 1 atom stereocenters. The van der Waals surface area contributed by atoms with Gasteiger partial charge in [0, 0.05) is 6.42 Å². The van der Waals surface area contributed by atoms with Crippen LogP contribution in [0.15, 0.2) is 58.2 Å². The molecule has 40 heavy (non-hydrogen) atoms. The molecule has 0 aliphatic rings. The Morgan fingerprint density at radius 1 is 0.675 bits per heavy atom. The summed E-state index contributed by atoms with van der Waals surface area (Å²) in [5.41, 5.74) is 6.92. The van der Waals surface area contributed by atoms with E-state index in [1.807, 2.05) is 6.92 Å². The zero-order valence-electron chi connectivity index (χ0n) is 25.8. The Kier molecular flexibility index (Phi) is 21.5. The van der Waals surface area contributed by atoms with E-state index in [1.54, 1.807) is 0 Å². The number of unbranched alkanes of at least 4 members (excludes halogenated alkanes) is 1. The summed E-state index contributed by atoms with van der Waals surface area (Å²) in [7, 11) is -4.08. The number of carbonyl (C=O) groups is 2. The first kappa shape index (κ1) is 38.0. The number of carbonyl (C=O) groups excluding carboxylic acids is 1. The molecule has 7 nitrogen and oxygen atoms in total. The van der Waals surface area contributed by atoms with Crippen molar-refractivity contribution < 1.29 is 28.7 Å². The van der Waals surface area contributed by atoms with Gasteiger partial charge in [0.1, 0.15) is 5.78 Å². The lowest BCUT2D eigenvalue weighted by atomic mass is 10.0. The number of aliphatic carboxylic acids is 1. The molecule has 0 aliphatic carbocycles. The summed E-state index contributed by atoms with van der Waals surface area (Å²) < 4.78 is 16.9. The van der Waals surface area contributed by atoms with Gasteiger partial charge in [-0.25, -0.2) is 9.65 Å². The highest BCUT2D eigenvalue weighted by Gasteiger charge is 2.20. The zero-order valence-corrected chi connectivity index (χ0v) is 26.7. The van der Waals surface area contributed by atoms with Gasteiger partial charge in [-0.1, -0.05) is 58.2 Å². The third-order valence-electron chi connectivity index (χ3n) is 6.38. The summed E-state index contributed by atoms with van der Waals surface area (Å²) in [6.07, 6.45) is 21.1. The Balaban J connectivity index is 4.10. The number of ketones is 1. The van der Waals surface area contributed by atoms with Crippen molar-refractivity contribution in [2.24, 2.45) is 0 Å². The molecule has 3 N–H and O–H groups in total. The molecule has 0 rings (SSSR count). The average molecular weight is 580 g/mol. The average Bonchev–Trinajstić information content (AvgIpc) is 2.86. The molecule has 0 amide bonds. The molecule has 1 unspecified atom stereocenters. The molecule has 0 fully saturated rings. The van der Waals surface area contributed by atoms with Crippen LogP contribution in [0.3, 0.4) is 0 Å². The van der Waals surface area contributed by atoms with Gasteiger partial charge in [-0.15, -0.1) is 0 Å². The summed E-state index contributed by atoms with van der Waals surface area (Å²) in [5, 5.41) is 10.8. The molecular formula is C32H54NO6P. The molecule has 0 saturated carbocycles. The Labute approximate surface area is 243 Å². The van der Waals surface area contributed by atoms with Gasteiger partial charge in [0.25, 0.3) is 0 Å². The van der Waals surface area contributed by atoms with Crippen LogP contribution in [0.4, 0.5) is 0 Å². The van der Waals surface area contributed by atoms with Crippen molar-refractivity contribution in [1.82, 2.24) is 5.09 Å². The standard InChI is InChI=1S/C32H54NO6P/c1-26(2)13-9-16-29(5)19-10-17-27(3)14-7-8-15-28(4)18-11-20-30(6)21-12-24-39-40(37,38)33-25-31(34)22-23-32(35)36/h13-15,19-20H,7-12,16-18,21-25H2,1-6H3,(H,35,36)(H2,33,37,38)/b27-14+,28-15+,29-19+,30-20+. The van der Waals surface area contributed by atoms with Gasteiger partial charge in [0.05, 0.1) is 19.6 Å². The van der Waals surface area contributed by atoms with Crippen LogP contribution < -0.4 is 5.09 Å². The molecule has 0 saturated heterocycles. The monoisotopic (exact) mass is 579 g/mol. The van der Waals surface area contributed by atoms with Crippen LogP contribution >= 0.6 is 7.75 Å². The minimum Gasteiger partial charge on any atom is -0.481 e. The van der Waals surface area contributed by atoms with Gasteiger partial charge in [0.2, 0.25) is 0 Å². The lowest BCUT2D eigenvalue weighted by molar-refractivity contribution is -0.138. The lowest BCUT2D eigenvalue weighted by Gasteiger charge is -2.13. The Morgan fingerprint density at radius 3 is 1.60 bits per heavy atom. The molecule has 0 aromatic rings. The predicted molar refractivity (Wildman–Crippen MR) is 166 cm³/mol. The van der Waals surface area contributed by atoms with E-state index >= 15 is 0 Å². The molecule has 0 aromatic carbocycles. The highest BCUT2D eigenvalue weighted by molar-refractivity contribution is 7.50. The van der Waals surface area contributed by atoms with E-state index < -0.39 is 26.0 Å². The third-order valence-corrected chi connectivity index (χ3v) is 7.47. The van der Waals surface area contributed by atoms with Gasteiger partial charge >= 0.3 is 13.7 Å². The summed E-state index contributed by atoms with van der Waals surface area (Å²) in [4.78, 5) is 31.7. The first-order valence-corrected chi connectivity index (χ1v) is 16.1. The number of nitrogens with one attached hydrogen (secondary N) is 1. The summed E-state index contributed by atoms with van der Waals surface area (Å²) in [5.74, 6) is -1.53. The number of carboxylic acid groups (broad SMARTS) is 1. The number of hydrogen-bond acceptors (Lipinski definition) is 4. The van der Waals surface area contributed by atoms with E-state index in [0.717, 1.165) is 57.8 Å². The van der Waals surface area contributed by atoms with Gasteiger partial charge in [-0.05, 0) is 106 Å². The number of hydrogen-bond donors (Lipinski definition) is 3. The summed E-state index contributed by atoms with van der Waals surface area (Å²) >= 11 is 0. The van der Waals surface area contributed by atoms with Crippen molar-refractivity contribution in [2.75, 3.05) is 13.2 Å². The molecule has 0 aromatic heterocycles. The van der Waals surface area contributed by atoms with Crippen LogP contribution in [0.25, 0.3) is 0 Å². The largest absolute Gasteiger partial charge is 0.481 e. The fraction of sp³-hybridized carbons (Fsp3) is 0.625. The van der Waals surface area contributed by atoms with Crippen LogP contribution in [-0.2, 0) is 18.7 Å². The molecule has 0 heterocycles. The van der Waals surface area contributed by atoms with Crippen molar-refractivity contribution in [3.05, 3.63) is 58.2 Å². The predicted octanol–water partition coefficient (Wildman–Crippen LogP) is 8.78. The molecule has 0 spiro atoms. The van der Waals surface area contributed by atoms with Crippen LogP contribution in [-0.4, -0.2) is 34.9 Å². The maximum absolute atomic E-state index is 11.9. The number of carboxylic acids is 1. The Bertz CT molecular complexity index is 970. The highest BCUT2D eigenvalue weighted by Crippen LogP contribution is 2.36. The van der Waals surface area contributed by atoms with Crippen molar-refractivity contribution in [3.8, 4) is 0 Å². The quantitative estimate of drug-likeness (QED) is 0.0630. The smallest absolute Gasteiger partial charge is 0.403 e. The lowest BCUT2D eigenvalue weighted by Crippen LogP contribution is -2.22. The van der Waals surface area contributed by atoms with Crippen molar-refractivity contribution in [1.29, 1.82) is 0 Å². The molecule has 8 heteroatoms. The second-order valence-corrected chi connectivity index (χ2v) is 12.5. The first-order valence-electron chi connectivity index (χ1n) is 14.5. The van der Waals surface area contributed by atoms with Crippen LogP contribution in [0.1, 0.15) is 119 Å². The van der Waals surface area contributed by atoms with E-state index in [1.165, 1.54) is 27.9 Å². The molecule has 228 valence electrons. The highest BCUT2D eigenvalue weighted by atomic mass is 31.2. The summed E-state index contributed by atoms with van der Waals surface area (Å²) in [6, 6.07) is 0. The van der Waals surface area contributed by atoms with E-state index in [2.05, 4.69) is 70.1 Å².